The first-order valence-electron chi connectivity index (χ1n) is 7.32. The highest BCUT2D eigenvalue weighted by atomic mass is 32.1. The molecule has 0 aliphatic carbocycles. The molecule has 0 spiro atoms. The molecule has 23 heavy (non-hydrogen) atoms. The van der Waals surface area contributed by atoms with Crippen molar-refractivity contribution in [3.05, 3.63) is 46.5 Å². The number of amides is 3. The van der Waals surface area contributed by atoms with Crippen LogP contribution in [0.2, 0.25) is 0 Å². The van der Waals surface area contributed by atoms with E-state index in [2.05, 4.69) is 5.32 Å². The standard InChI is InChI=1S/C16H16N2O4S/c19-14(10-18-15(20)5-6-16(18)21)17-9-11(12-3-1-7-22-12)13-4-2-8-23-13/h1-4,7-8,11H,5-6,9-10H2,(H,17,19)/t11-/m0/s1. The van der Waals surface area contributed by atoms with E-state index in [1.807, 2.05) is 23.6 Å². The topological polar surface area (TPSA) is 79.6 Å². The van der Waals surface area contributed by atoms with Crippen molar-refractivity contribution in [1.29, 1.82) is 0 Å². The van der Waals surface area contributed by atoms with Crippen molar-refractivity contribution >= 4 is 29.1 Å². The smallest absolute Gasteiger partial charge is 0.240 e. The minimum atomic E-state index is -0.346. The van der Waals surface area contributed by atoms with Gasteiger partial charge in [-0.25, -0.2) is 0 Å². The van der Waals surface area contributed by atoms with Gasteiger partial charge in [-0.15, -0.1) is 11.3 Å². The average Bonchev–Trinajstić information content (AvgIpc) is 3.27. The van der Waals surface area contributed by atoms with Gasteiger partial charge in [0.15, 0.2) is 0 Å². The van der Waals surface area contributed by atoms with E-state index in [1.54, 1.807) is 23.7 Å². The molecule has 1 aliphatic rings. The molecule has 3 rings (SSSR count). The summed E-state index contributed by atoms with van der Waals surface area (Å²) in [4.78, 5) is 37.2. The van der Waals surface area contributed by atoms with Gasteiger partial charge in [-0.2, -0.15) is 0 Å². The first kappa shape index (κ1) is 15.5. The summed E-state index contributed by atoms with van der Waals surface area (Å²) in [6.45, 7) is 0.135. The highest BCUT2D eigenvalue weighted by molar-refractivity contribution is 7.10. The lowest BCUT2D eigenvalue weighted by Gasteiger charge is -2.17. The Balaban J connectivity index is 1.62. The molecular weight excluding hydrogens is 316 g/mol. The van der Waals surface area contributed by atoms with E-state index >= 15 is 0 Å². The zero-order valence-electron chi connectivity index (χ0n) is 12.4. The molecule has 1 fully saturated rings. The second-order valence-electron chi connectivity index (χ2n) is 5.26. The Bertz CT molecular complexity index is 644. The minimum Gasteiger partial charge on any atom is -0.469 e. The van der Waals surface area contributed by atoms with Crippen LogP contribution >= 0.6 is 11.3 Å². The molecule has 3 amide bonds. The molecule has 7 heteroatoms. The Morgan fingerprint density at radius 2 is 2.04 bits per heavy atom. The molecule has 0 unspecified atom stereocenters. The molecule has 3 heterocycles. The molecule has 2 aromatic rings. The van der Waals surface area contributed by atoms with Crippen LogP contribution in [0.3, 0.4) is 0 Å². The van der Waals surface area contributed by atoms with Crippen molar-refractivity contribution in [3.8, 4) is 0 Å². The number of furan rings is 1. The number of hydrogen-bond donors (Lipinski definition) is 1. The largest absolute Gasteiger partial charge is 0.469 e. The van der Waals surface area contributed by atoms with Crippen LogP contribution < -0.4 is 5.32 Å². The summed E-state index contributed by atoms with van der Waals surface area (Å²) in [5.74, 6) is -0.237. The third-order valence-corrected chi connectivity index (χ3v) is 4.72. The SMILES string of the molecule is O=C(CN1C(=O)CCC1=O)NC[C@@H](c1ccco1)c1cccs1. The molecule has 0 radical (unpaired) electrons. The molecule has 1 aliphatic heterocycles. The van der Waals surface area contributed by atoms with Crippen LogP contribution in [0.1, 0.15) is 29.4 Å². The van der Waals surface area contributed by atoms with Crippen molar-refractivity contribution in [2.45, 2.75) is 18.8 Å². The Morgan fingerprint density at radius 1 is 1.26 bits per heavy atom. The quantitative estimate of drug-likeness (QED) is 0.817. The molecule has 6 nitrogen and oxygen atoms in total. The Labute approximate surface area is 137 Å². The molecule has 1 N–H and O–H groups in total. The lowest BCUT2D eigenvalue weighted by Crippen LogP contribution is -2.41. The molecular formula is C16H16N2O4S. The third kappa shape index (κ3) is 3.50. The minimum absolute atomic E-state index is 0.0843. The first-order valence-corrected chi connectivity index (χ1v) is 8.20. The van der Waals surface area contributed by atoms with Gasteiger partial charge in [0.05, 0.1) is 12.2 Å². The third-order valence-electron chi connectivity index (χ3n) is 3.73. The number of rotatable bonds is 6. The second-order valence-corrected chi connectivity index (χ2v) is 6.24. The van der Waals surface area contributed by atoms with E-state index in [0.29, 0.717) is 6.54 Å². The molecule has 1 saturated heterocycles. The summed E-state index contributed by atoms with van der Waals surface area (Å²) < 4.78 is 5.46. The number of carbonyl (C=O) groups is 3. The van der Waals surface area contributed by atoms with Gasteiger partial charge in [0.1, 0.15) is 12.3 Å². The maximum absolute atomic E-state index is 12.0. The normalized spacial score (nSPS) is 15.9. The number of thiophene rings is 1. The van der Waals surface area contributed by atoms with E-state index in [-0.39, 0.29) is 43.0 Å². The van der Waals surface area contributed by atoms with Crippen LogP contribution in [0.15, 0.2) is 40.3 Å². The number of carbonyl (C=O) groups excluding carboxylic acids is 3. The van der Waals surface area contributed by atoms with Crippen molar-refractivity contribution < 1.29 is 18.8 Å². The van der Waals surface area contributed by atoms with E-state index in [4.69, 9.17) is 4.42 Å². The van der Waals surface area contributed by atoms with Crippen LogP contribution in [-0.4, -0.2) is 35.7 Å². The van der Waals surface area contributed by atoms with Crippen molar-refractivity contribution in [1.82, 2.24) is 10.2 Å². The van der Waals surface area contributed by atoms with Gasteiger partial charge in [0.25, 0.3) is 0 Å². The molecule has 1 atom stereocenters. The number of imide groups is 1. The van der Waals surface area contributed by atoms with Gasteiger partial charge in [0.2, 0.25) is 17.7 Å². The lowest BCUT2D eigenvalue weighted by molar-refractivity contribution is -0.142. The van der Waals surface area contributed by atoms with E-state index < -0.39 is 0 Å². The second kappa shape index (κ2) is 6.78. The van der Waals surface area contributed by atoms with Crippen LogP contribution in [0.25, 0.3) is 0 Å². The summed E-state index contributed by atoms with van der Waals surface area (Å²) in [6.07, 6.45) is 1.98. The predicted octanol–water partition coefficient (Wildman–Crippen LogP) is 1.74. The highest BCUT2D eigenvalue weighted by Gasteiger charge is 2.30. The lowest BCUT2D eigenvalue weighted by atomic mass is 10.0. The van der Waals surface area contributed by atoms with Gasteiger partial charge in [-0.1, -0.05) is 6.07 Å². The monoisotopic (exact) mass is 332 g/mol. The summed E-state index contributed by atoms with van der Waals surface area (Å²) in [7, 11) is 0. The van der Waals surface area contributed by atoms with Gasteiger partial charge in [-0.3, -0.25) is 19.3 Å². The van der Waals surface area contributed by atoms with Crippen molar-refractivity contribution in [3.63, 3.8) is 0 Å². The predicted molar refractivity (Wildman–Crippen MR) is 83.8 cm³/mol. The number of hydrogen-bond acceptors (Lipinski definition) is 5. The van der Waals surface area contributed by atoms with Gasteiger partial charge in [0, 0.05) is 24.3 Å². The van der Waals surface area contributed by atoms with Crippen LogP contribution in [0.5, 0.6) is 0 Å². The summed E-state index contributed by atoms with van der Waals surface area (Å²) in [5.41, 5.74) is 0. The van der Waals surface area contributed by atoms with E-state index in [1.165, 1.54) is 0 Å². The summed E-state index contributed by atoms with van der Waals surface area (Å²) in [6, 6.07) is 7.60. The number of nitrogens with zero attached hydrogens (tertiary/aromatic N) is 1. The van der Waals surface area contributed by atoms with Crippen LogP contribution in [0, 0.1) is 0 Å². The van der Waals surface area contributed by atoms with Gasteiger partial charge in [-0.05, 0) is 23.6 Å². The highest BCUT2D eigenvalue weighted by Crippen LogP contribution is 2.28. The van der Waals surface area contributed by atoms with Crippen LogP contribution in [-0.2, 0) is 14.4 Å². The van der Waals surface area contributed by atoms with Gasteiger partial charge >= 0.3 is 0 Å². The Morgan fingerprint density at radius 3 is 2.65 bits per heavy atom. The number of likely N-dealkylation sites (tertiary alicyclic amines) is 1. The average molecular weight is 332 g/mol. The first-order chi connectivity index (χ1) is 11.1. The molecule has 0 bridgehead atoms. The van der Waals surface area contributed by atoms with E-state index in [9.17, 15) is 14.4 Å². The molecule has 2 aromatic heterocycles. The molecule has 0 aromatic carbocycles. The van der Waals surface area contributed by atoms with E-state index in [0.717, 1.165) is 15.5 Å². The molecule has 120 valence electrons. The zero-order valence-corrected chi connectivity index (χ0v) is 13.2. The maximum atomic E-state index is 12.0. The Kier molecular flexibility index (Phi) is 4.57. The van der Waals surface area contributed by atoms with Crippen molar-refractivity contribution in [2.24, 2.45) is 0 Å². The summed E-state index contributed by atoms with van der Waals surface area (Å²) in [5, 5.41) is 4.76. The fourth-order valence-corrected chi connectivity index (χ4v) is 3.37. The van der Waals surface area contributed by atoms with Crippen molar-refractivity contribution in [2.75, 3.05) is 13.1 Å². The zero-order chi connectivity index (χ0) is 16.2. The fourth-order valence-electron chi connectivity index (χ4n) is 2.54. The Hall–Kier alpha value is -2.41. The fraction of sp³-hybridized carbons (Fsp3) is 0.312. The summed E-state index contributed by atoms with van der Waals surface area (Å²) >= 11 is 1.58. The molecule has 0 saturated carbocycles. The van der Waals surface area contributed by atoms with Gasteiger partial charge < -0.3 is 9.73 Å². The maximum Gasteiger partial charge on any atom is 0.240 e. The number of nitrogens with one attached hydrogen (secondary N) is 1. The van der Waals surface area contributed by atoms with Crippen LogP contribution in [0.4, 0.5) is 0 Å².